The van der Waals surface area contributed by atoms with E-state index < -0.39 is 11.7 Å². The number of rotatable bonds is 4. The van der Waals surface area contributed by atoms with Crippen LogP contribution in [-0.2, 0) is 4.74 Å². The molecular weight excluding hydrogens is 295 g/mol. The van der Waals surface area contributed by atoms with Crippen molar-refractivity contribution in [1.29, 1.82) is 0 Å². The van der Waals surface area contributed by atoms with E-state index >= 15 is 0 Å². The van der Waals surface area contributed by atoms with Gasteiger partial charge in [0, 0.05) is 30.2 Å². The second-order valence-electron chi connectivity index (χ2n) is 5.34. The van der Waals surface area contributed by atoms with Crippen molar-refractivity contribution < 1.29 is 13.9 Å². The van der Waals surface area contributed by atoms with Gasteiger partial charge in [-0.05, 0) is 32.0 Å². The van der Waals surface area contributed by atoms with Crippen LogP contribution in [0, 0.1) is 5.82 Å². The number of hydrogen-bond acceptors (Lipinski definition) is 3. The predicted octanol–water partition coefficient (Wildman–Crippen LogP) is 2.32. The number of morpholine rings is 1. The molecule has 1 saturated heterocycles. The fraction of sp³-hybridized carbons (Fsp3) is 0.533. The summed E-state index contributed by atoms with van der Waals surface area (Å²) in [6.07, 6.45) is 0. The maximum absolute atomic E-state index is 13.7. The van der Waals surface area contributed by atoms with Crippen molar-refractivity contribution >= 4 is 17.5 Å². The summed E-state index contributed by atoms with van der Waals surface area (Å²) in [5.74, 6) is -1.02. The molecule has 1 heterocycles. The van der Waals surface area contributed by atoms with Gasteiger partial charge in [-0.15, -0.1) is 0 Å². The third-order valence-corrected chi connectivity index (χ3v) is 3.95. The van der Waals surface area contributed by atoms with Crippen molar-refractivity contribution in [2.24, 2.45) is 0 Å². The van der Waals surface area contributed by atoms with Crippen LogP contribution in [0.5, 0.6) is 0 Å². The number of nitrogens with zero attached hydrogens (tertiary/aromatic N) is 1. The summed E-state index contributed by atoms with van der Waals surface area (Å²) < 4.78 is 19.1. The van der Waals surface area contributed by atoms with E-state index in [0.29, 0.717) is 25.8 Å². The number of nitrogens with one attached hydrogen (secondary N) is 1. The monoisotopic (exact) mass is 314 g/mol. The second kappa shape index (κ2) is 7.20. The number of benzene rings is 1. The highest BCUT2D eigenvalue weighted by Gasteiger charge is 2.24. The maximum atomic E-state index is 13.7. The van der Waals surface area contributed by atoms with Crippen LogP contribution in [0.4, 0.5) is 4.39 Å². The second-order valence-corrected chi connectivity index (χ2v) is 5.78. The number of hydrogen-bond donors (Lipinski definition) is 1. The molecule has 4 nitrogen and oxygen atoms in total. The van der Waals surface area contributed by atoms with E-state index in [1.54, 1.807) is 0 Å². The van der Waals surface area contributed by atoms with Gasteiger partial charge in [0.15, 0.2) is 0 Å². The van der Waals surface area contributed by atoms with Crippen LogP contribution < -0.4 is 5.32 Å². The summed E-state index contributed by atoms with van der Waals surface area (Å²) in [7, 11) is 0. The number of carbonyl (C=O) groups excluding carboxylic acids is 1. The molecule has 1 aromatic carbocycles. The molecule has 1 N–H and O–H groups in total. The fourth-order valence-electron chi connectivity index (χ4n) is 2.52. The molecule has 116 valence electrons. The average Bonchev–Trinajstić information content (AvgIpc) is 2.45. The first-order chi connectivity index (χ1) is 9.99. The minimum absolute atomic E-state index is 0.0154. The van der Waals surface area contributed by atoms with Gasteiger partial charge in [-0.1, -0.05) is 11.6 Å². The molecule has 2 atom stereocenters. The quantitative estimate of drug-likeness (QED) is 0.927. The lowest BCUT2D eigenvalue weighted by molar-refractivity contribution is -0.0178. The molecule has 0 bridgehead atoms. The van der Waals surface area contributed by atoms with Crippen molar-refractivity contribution in [2.75, 3.05) is 26.3 Å². The maximum Gasteiger partial charge on any atom is 0.254 e. The first-order valence-electron chi connectivity index (χ1n) is 7.05. The molecule has 0 unspecified atom stereocenters. The van der Waals surface area contributed by atoms with Gasteiger partial charge in [0.25, 0.3) is 5.91 Å². The number of ether oxygens (including phenoxy) is 1. The van der Waals surface area contributed by atoms with Crippen LogP contribution in [-0.4, -0.2) is 49.2 Å². The smallest absolute Gasteiger partial charge is 0.254 e. The third kappa shape index (κ3) is 4.15. The Kier molecular flexibility index (Phi) is 5.56. The van der Waals surface area contributed by atoms with Gasteiger partial charge < -0.3 is 10.1 Å². The minimum atomic E-state index is -0.604. The Hall–Kier alpha value is -1.17. The van der Waals surface area contributed by atoms with E-state index in [4.69, 9.17) is 16.3 Å². The Labute approximate surface area is 129 Å². The zero-order valence-electron chi connectivity index (χ0n) is 12.2. The molecule has 1 aromatic rings. The van der Waals surface area contributed by atoms with E-state index in [0.717, 1.165) is 12.6 Å². The average molecular weight is 315 g/mol. The van der Waals surface area contributed by atoms with Gasteiger partial charge >= 0.3 is 0 Å². The Balaban J connectivity index is 1.91. The summed E-state index contributed by atoms with van der Waals surface area (Å²) in [5.41, 5.74) is 0.0154. The highest BCUT2D eigenvalue weighted by atomic mass is 35.5. The van der Waals surface area contributed by atoms with E-state index in [1.165, 1.54) is 12.1 Å². The molecule has 21 heavy (non-hydrogen) atoms. The molecule has 6 heteroatoms. The summed E-state index contributed by atoms with van der Waals surface area (Å²) >= 11 is 5.68. The lowest BCUT2D eigenvalue weighted by Crippen LogP contribution is -2.51. The van der Waals surface area contributed by atoms with Crippen LogP contribution in [0.15, 0.2) is 18.2 Å². The summed E-state index contributed by atoms with van der Waals surface area (Å²) in [5, 5.41) is 3.05. The molecular formula is C15H20ClFN2O2. The number of amides is 1. The van der Waals surface area contributed by atoms with Gasteiger partial charge in [0.2, 0.25) is 0 Å². The number of carbonyl (C=O) groups is 1. The summed E-state index contributed by atoms with van der Waals surface area (Å²) in [6, 6.07) is 4.53. The highest BCUT2D eigenvalue weighted by Crippen LogP contribution is 2.15. The molecule has 1 aliphatic rings. The summed E-state index contributed by atoms with van der Waals surface area (Å²) in [6.45, 7) is 6.84. The molecule has 0 spiro atoms. The zero-order valence-corrected chi connectivity index (χ0v) is 13.0. The lowest BCUT2D eigenvalue weighted by atomic mass is 10.1. The van der Waals surface area contributed by atoms with Crippen LogP contribution in [0.1, 0.15) is 24.2 Å². The molecule has 1 fully saturated rings. The molecule has 0 radical (unpaired) electrons. The predicted molar refractivity (Wildman–Crippen MR) is 80.2 cm³/mol. The van der Waals surface area contributed by atoms with Gasteiger partial charge in [0.1, 0.15) is 5.82 Å². The standard InChI is InChI=1S/C15H20ClFN2O2/c1-10(19-5-6-21-9-11(19)2)8-18-15(20)13-4-3-12(16)7-14(13)17/h3-4,7,10-11H,5-6,8-9H2,1-2H3,(H,18,20)/t10-,11-/m0/s1. The van der Waals surface area contributed by atoms with Crippen LogP contribution in [0.3, 0.4) is 0 Å². The van der Waals surface area contributed by atoms with Crippen molar-refractivity contribution in [3.8, 4) is 0 Å². The van der Waals surface area contributed by atoms with Crippen molar-refractivity contribution in [1.82, 2.24) is 10.2 Å². The Morgan fingerprint density at radius 3 is 3.05 bits per heavy atom. The first kappa shape index (κ1) is 16.2. The highest BCUT2D eigenvalue weighted by molar-refractivity contribution is 6.30. The zero-order chi connectivity index (χ0) is 15.4. The van der Waals surface area contributed by atoms with E-state index in [1.807, 2.05) is 6.92 Å². The lowest BCUT2D eigenvalue weighted by Gasteiger charge is -2.37. The van der Waals surface area contributed by atoms with E-state index in [2.05, 4.69) is 17.1 Å². The number of halogens is 2. The topological polar surface area (TPSA) is 41.6 Å². The summed E-state index contributed by atoms with van der Waals surface area (Å²) in [4.78, 5) is 14.3. The minimum Gasteiger partial charge on any atom is -0.379 e. The van der Waals surface area contributed by atoms with Gasteiger partial charge in [-0.3, -0.25) is 9.69 Å². The van der Waals surface area contributed by atoms with Gasteiger partial charge in [0.05, 0.1) is 18.8 Å². The Bertz CT molecular complexity index is 512. The van der Waals surface area contributed by atoms with Crippen LogP contribution in [0.2, 0.25) is 5.02 Å². The first-order valence-corrected chi connectivity index (χ1v) is 7.43. The molecule has 0 aromatic heterocycles. The van der Waals surface area contributed by atoms with Crippen molar-refractivity contribution in [3.05, 3.63) is 34.6 Å². The van der Waals surface area contributed by atoms with E-state index in [-0.39, 0.29) is 16.6 Å². The third-order valence-electron chi connectivity index (χ3n) is 3.72. The van der Waals surface area contributed by atoms with Gasteiger partial charge in [-0.25, -0.2) is 4.39 Å². The molecule has 2 rings (SSSR count). The molecule has 0 saturated carbocycles. The Morgan fingerprint density at radius 2 is 2.38 bits per heavy atom. The largest absolute Gasteiger partial charge is 0.379 e. The van der Waals surface area contributed by atoms with Crippen molar-refractivity contribution in [3.63, 3.8) is 0 Å². The normalized spacial score (nSPS) is 21.0. The van der Waals surface area contributed by atoms with E-state index in [9.17, 15) is 9.18 Å². The molecule has 0 aliphatic carbocycles. The molecule has 1 aliphatic heterocycles. The fourth-order valence-corrected chi connectivity index (χ4v) is 2.68. The Morgan fingerprint density at radius 1 is 1.62 bits per heavy atom. The van der Waals surface area contributed by atoms with Crippen LogP contribution in [0.25, 0.3) is 0 Å². The van der Waals surface area contributed by atoms with Gasteiger partial charge in [-0.2, -0.15) is 0 Å². The molecule has 1 amide bonds. The SMILES string of the molecule is C[C@@H](CNC(=O)c1ccc(Cl)cc1F)N1CCOC[C@@H]1C. The van der Waals surface area contributed by atoms with Crippen LogP contribution >= 0.6 is 11.6 Å². The van der Waals surface area contributed by atoms with Crippen molar-refractivity contribution in [2.45, 2.75) is 25.9 Å².